The monoisotopic (exact) mass is 269 g/mol. The Hall–Kier alpha value is -2.51. The number of hydrogen-bond acceptors (Lipinski definition) is 4. The molecule has 104 valence electrons. The minimum atomic E-state index is -1.24. The lowest BCUT2D eigenvalue weighted by Crippen LogP contribution is -2.39. The summed E-state index contributed by atoms with van der Waals surface area (Å²) < 4.78 is 4.82. The summed E-state index contributed by atoms with van der Waals surface area (Å²) in [5, 5.41) is 13.7. The van der Waals surface area contributed by atoms with Crippen molar-refractivity contribution in [3.8, 4) is 0 Å². The van der Waals surface area contributed by atoms with Crippen LogP contribution < -0.4 is 10.6 Å². The summed E-state index contributed by atoms with van der Waals surface area (Å²) in [6.45, 7) is 0.469. The Balaban J connectivity index is 2.35. The van der Waals surface area contributed by atoms with Crippen LogP contribution in [-0.4, -0.2) is 55.1 Å². The molecule has 0 aliphatic heterocycles. The molecule has 0 spiro atoms. The van der Waals surface area contributed by atoms with Gasteiger partial charge in [-0.1, -0.05) is 0 Å². The summed E-state index contributed by atoms with van der Waals surface area (Å²) in [4.78, 5) is 34.6. The van der Waals surface area contributed by atoms with Gasteiger partial charge in [0, 0.05) is 27.2 Å². The highest BCUT2D eigenvalue weighted by molar-refractivity contribution is 5.93. The fourth-order valence-corrected chi connectivity index (χ4v) is 1.17. The highest BCUT2D eigenvalue weighted by atomic mass is 16.4. The third-order valence-electron chi connectivity index (χ3n) is 2.13. The molecule has 0 aliphatic rings. The van der Waals surface area contributed by atoms with E-state index in [1.807, 2.05) is 0 Å². The quantitative estimate of drug-likeness (QED) is 0.650. The third-order valence-corrected chi connectivity index (χ3v) is 2.13. The van der Waals surface area contributed by atoms with Crippen molar-refractivity contribution >= 4 is 17.9 Å². The van der Waals surface area contributed by atoms with E-state index in [4.69, 9.17) is 9.52 Å². The van der Waals surface area contributed by atoms with E-state index in [2.05, 4.69) is 10.6 Å². The third kappa shape index (κ3) is 4.34. The fraction of sp³-hybridized carbons (Fsp3) is 0.364. The zero-order valence-corrected chi connectivity index (χ0v) is 10.6. The molecule has 1 aromatic heterocycles. The summed E-state index contributed by atoms with van der Waals surface area (Å²) in [6.07, 6.45) is 0. The largest absolute Gasteiger partial charge is 0.475 e. The van der Waals surface area contributed by atoms with Crippen molar-refractivity contribution in [2.45, 2.75) is 0 Å². The Labute approximate surface area is 109 Å². The number of rotatable bonds is 5. The highest BCUT2D eigenvalue weighted by Gasteiger charge is 2.14. The number of carboxylic acids is 1. The van der Waals surface area contributed by atoms with Gasteiger partial charge in [0.1, 0.15) is 0 Å². The van der Waals surface area contributed by atoms with E-state index >= 15 is 0 Å². The highest BCUT2D eigenvalue weighted by Crippen LogP contribution is 2.07. The Morgan fingerprint density at radius 3 is 2.26 bits per heavy atom. The lowest BCUT2D eigenvalue weighted by molar-refractivity contribution is 0.0659. The van der Waals surface area contributed by atoms with Crippen LogP contribution in [0.2, 0.25) is 0 Å². The van der Waals surface area contributed by atoms with E-state index in [0.717, 1.165) is 0 Å². The van der Waals surface area contributed by atoms with Crippen molar-refractivity contribution in [2.24, 2.45) is 0 Å². The Morgan fingerprint density at radius 1 is 1.16 bits per heavy atom. The normalized spacial score (nSPS) is 9.79. The van der Waals surface area contributed by atoms with Crippen LogP contribution in [0.3, 0.4) is 0 Å². The second-order valence-corrected chi connectivity index (χ2v) is 3.85. The van der Waals surface area contributed by atoms with E-state index in [1.165, 1.54) is 17.0 Å². The number of urea groups is 1. The van der Waals surface area contributed by atoms with Gasteiger partial charge in [-0.3, -0.25) is 4.79 Å². The van der Waals surface area contributed by atoms with E-state index in [1.54, 1.807) is 14.1 Å². The predicted molar refractivity (Wildman–Crippen MR) is 65.1 cm³/mol. The van der Waals surface area contributed by atoms with Gasteiger partial charge in [0.2, 0.25) is 5.76 Å². The van der Waals surface area contributed by atoms with Crippen molar-refractivity contribution < 1.29 is 23.9 Å². The molecule has 0 fully saturated rings. The molecule has 1 heterocycles. The summed E-state index contributed by atoms with van der Waals surface area (Å²) >= 11 is 0. The molecule has 0 bridgehead atoms. The molecule has 8 heteroatoms. The Morgan fingerprint density at radius 2 is 1.74 bits per heavy atom. The summed E-state index contributed by atoms with van der Waals surface area (Å²) in [5.41, 5.74) is 0. The fourth-order valence-electron chi connectivity index (χ4n) is 1.17. The van der Waals surface area contributed by atoms with Crippen LogP contribution in [0.1, 0.15) is 21.1 Å². The van der Waals surface area contributed by atoms with Crippen LogP contribution in [-0.2, 0) is 0 Å². The van der Waals surface area contributed by atoms with Crippen LogP contribution in [0.25, 0.3) is 0 Å². The molecular formula is C11H15N3O5. The number of amides is 3. The minimum absolute atomic E-state index is 0.0867. The average molecular weight is 269 g/mol. The van der Waals surface area contributed by atoms with Gasteiger partial charge in [-0.2, -0.15) is 0 Å². The number of carbonyl (C=O) groups excluding carboxylic acids is 2. The van der Waals surface area contributed by atoms with Gasteiger partial charge < -0.3 is 25.1 Å². The molecule has 3 N–H and O–H groups in total. The molecule has 0 radical (unpaired) electrons. The molecular weight excluding hydrogens is 254 g/mol. The number of hydrogen-bond donors (Lipinski definition) is 3. The van der Waals surface area contributed by atoms with Crippen molar-refractivity contribution in [2.75, 3.05) is 27.2 Å². The number of carboxylic acid groups (broad SMARTS) is 1. The number of aromatic carboxylic acids is 1. The Bertz CT molecular complexity index is 480. The van der Waals surface area contributed by atoms with Gasteiger partial charge >= 0.3 is 12.0 Å². The van der Waals surface area contributed by atoms with Gasteiger partial charge in [-0.25, -0.2) is 9.59 Å². The number of nitrogens with zero attached hydrogens (tertiary/aromatic N) is 1. The number of carbonyl (C=O) groups is 3. The van der Waals surface area contributed by atoms with Crippen LogP contribution in [0.5, 0.6) is 0 Å². The molecule has 0 unspecified atom stereocenters. The van der Waals surface area contributed by atoms with Crippen LogP contribution in [0.4, 0.5) is 4.79 Å². The first-order valence-corrected chi connectivity index (χ1v) is 5.48. The van der Waals surface area contributed by atoms with E-state index in [-0.39, 0.29) is 30.6 Å². The SMILES string of the molecule is CN(C)C(=O)NCCNC(=O)c1ccc(C(=O)O)o1. The molecule has 0 saturated heterocycles. The average Bonchev–Trinajstić information content (AvgIpc) is 2.83. The molecule has 1 aromatic rings. The van der Waals surface area contributed by atoms with Crippen LogP contribution in [0, 0.1) is 0 Å². The van der Waals surface area contributed by atoms with Gasteiger partial charge in [-0.05, 0) is 12.1 Å². The first-order chi connectivity index (χ1) is 8.91. The molecule has 0 atom stereocenters. The van der Waals surface area contributed by atoms with Gasteiger partial charge in [0.25, 0.3) is 5.91 Å². The zero-order chi connectivity index (χ0) is 14.4. The van der Waals surface area contributed by atoms with Gasteiger partial charge in [0.15, 0.2) is 5.76 Å². The lowest BCUT2D eigenvalue weighted by atomic mass is 10.4. The number of nitrogens with one attached hydrogen (secondary N) is 2. The minimum Gasteiger partial charge on any atom is -0.475 e. The Kier molecular flexibility index (Phi) is 4.92. The molecule has 19 heavy (non-hydrogen) atoms. The van der Waals surface area contributed by atoms with E-state index < -0.39 is 11.9 Å². The first kappa shape index (κ1) is 14.6. The van der Waals surface area contributed by atoms with Crippen molar-refractivity contribution in [3.05, 3.63) is 23.7 Å². The van der Waals surface area contributed by atoms with E-state index in [0.29, 0.717) is 0 Å². The standard InChI is InChI=1S/C11H15N3O5/c1-14(2)11(18)13-6-5-12-9(15)7-3-4-8(19-7)10(16)17/h3-4H,5-6H2,1-2H3,(H,12,15)(H,13,18)(H,16,17). The predicted octanol–water partition coefficient (Wildman–Crippen LogP) is -0.0212. The van der Waals surface area contributed by atoms with Crippen LogP contribution >= 0.6 is 0 Å². The van der Waals surface area contributed by atoms with Crippen molar-refractivity contribution in [1.82, 2.24) is 15.5 Å². The topological polar surface area (TPSA) is 112 Å². The lowest BCUT2D eigenvalue weighted by Gasteiger charge is -2.11. The maximum Gasteiger partial charge on any atom is 0.371 e. The smallest absolute Gasteiger partial charge is 0.371 e. The number of furan rings is 1. The maximum atomic E-state index is 11.5. The second-order valence-electron chi connectivity index (χ2n) is 3.85. The molecule has 0 saturated carbocycles. The zero-order valence-electron chi connectivity index (χ0n) is 10.6. The second kappa shape index (κ2) is 6.43. The molecule has 3 amide bonds. The van der Waals surface area contributed by atoms with Crippen molar-refractivity contribution in [3.63, 3.8) is 0 Å². The molecule has 8 nitrogen and oxygen atoms in total. The van der Waals surface area contributed by atoms with Gasteiger partial charge in [0.05, 0.1) is 0 Å². The summed E-state index contributed by atoms with van der Waals surface area (Å²) in [6, 6.07) is 2.21. The molecule has 0 aromatic carbocycles. The summed E-state index contributed by atoms with van der Waals surface area (Å²) in [7, 11) is 3.20. The first-order valence-electron chi connectivity index (χ1n) is 5.48. The molecule has 0 aliphatic carbocycles. The summed E-state index contributed by atoms with van der Waals surface area (Å²) in [5.74, 6) is -2.16. The van der Waals surface area contributed by atoms with Crippen LogP contribution in [0.15, 0.2) is 16.5 Å². The van der Waals surface area contributed by atoms with Crippen molar-refractivity contribution in [1.29, 1.82) is 0 Å². The maximum absolute atomic E-state index is 11.5. The van der Waals surface area contributed by atoms with E-state index in [9.17, 15) is 14.4 Å². The molecule has 1 rings (SSSR count). The van der Waals surface area contributed by atoms with Gasteiger partial charge in [-0.15, -0.1) is 0 Å².